The second-order valence-corrected chi connectivity index (χ2v) is 8.77. The summed E-state index contributed by atoms with van der Waals surface area (Å²) in [7, 11) is 0. The Morgan fingerprint density at radius 2 is 1.76 bits per heavy atom. The fourth-order valence-corrected chi connectivity index (χ4v) is 4.69. The largest absolute Gasteiger partial charge is 0.457 e. The van der Waals surface area contributed by atoms with Crippen molar-refractivity contribution in [3.63, 3.8) is 0 Å². The molecule has 166 valence electrons. The molecule has 1 aliphatic rings. The third kappa shape index (κ3) is 4.21. The molecule has 4 aromatic rings. The highest BCUT2D eigenvalue weighted by atomic mass is 16.5. The SMILES string of the molecule is CC1CC(=Cc2ccccc2)c2nc3ccccc3c(C(=O)OCc3ccccc3C#N)c2C1. The number of carbonyl (C=O) groups is 1. The van der Waals surface area contributed by atoms with Crippen LogP contribution in [0.1, 0.15) is 51.7 Å². The lowest BCUT2D eigenvalue weighted by Gasteiger charge is -2.26. The lowest BCUT2D eigenvalue weighted by atomic mass is 9.80. The molecule has 34 heavy (non-hydrogen) atoms. The van der Waals surface area contributed by atoms with Crippen LogP contribution in [-0.4, -0.2) is 11.0 Å². The van der Waals surface area contributed by atoms with Crippen molar-refractivity contribution in [1.29, 1.82) is 5.26 Å². The van der Waals surface area contributed by atoms with E-state index in [9.17, 15) is 10.1 Å². The number of benzene rings is 3. The third-order valence-electron chi connectivity index (χ3n) is 6.26. The van der Waals surface area contributed by atoms with Gasteiger partial charge in [0.1, 0.15) is 6.61 Å². The van der Waals surface area contributed by atoms with Crippen molar-refractivity contribution in [2.75, 3.05) is 0 Å². The highest BCUT2D eigenvalue weighted by Gasteiger charge is 2.29. The van der Waals surface area contributed by atoms with Gasteiger partial charge in [0.25, 0.3) is 0 Å². The Morgan fingerprint density at radius 1 is 1.03 bits per heavy atom. The maximum absolute atomic E-state index is 13.5. The second kappa shape index (κ2) is 9.33. The van der Waals surface area contributed by atoms with Gasteiger partial charge in [0.15, 0.2) is 0 Å². The van der Waals surface area contributed by atoms with Gasteiger partial charge in [0, 0.05) is 10.9 Å². The molecule has 0 bridgehead atoms. The van der Waals surface area contributed by atoms with Crippen LogP contribution in [0.2, 0.25) is 0 Å². The lowest BCUT2D eigenvalue weighted by molar-refractivity contribution is 0.0473. The first-order valence-electron chi connectivity index (χ1n) is 11.5. The van der Waals surface area contributed by atoms with Gasteiger partial charge in [-0.3, -0.25) is 0 Å². The summed E-state index contributed by atoms with van der Waals surface area (Å²) in [4.78, 5) is 18.5. The summed E-state index contributed by atoms with van der Waals surface area (Å²) in [5, 5.41) is 10.2. The molecule has 4 nitrogen and oxygen atoms in total. The number of carbonyl (C=O) groups excluding carboxylic acids is 1. The normalized spacial score (nSPS) is 16.1. The average molecular weight is 445 g/mol. The average Bonchev–Trinajstić information content (AvgIpc) is 2.87. The van der Waals surface area contributed by atoms with Gasteiger partial charge in [0.2, 0.25) is 0 Å². The van der Waals surface area contributed by atoms with Crippen molar-refractivity contribution in [1.82, 2.24) is 4.98 Å². The molecule has 1 unspecified atom stereocenters. The number of pyridine rings is 1. The van der Waals surface area contributed by atoms with Crippen LogP contribution in [-0.2, 0) is 17.8 Å². The van der Waals surface area contributed by atoms with Crippen molar-refractivity contribution < 1.29 is 9.53 Å². The molecule has 1 aromatic heterocycles. The minimum Gasteiger partial charge on any atom is -0.457 e. The number of nitrogens with zero attached hydrogens (tertiary/aromatic N) is 2. The molecular weight excluding hydrogens is 420 g/mol. The predicted octanol–water partition coefficient (Wildman–Crippen LogP) is 6.59. The van der Waals surface area contributed by atoms with E-state index < -0.39 is 0 Å². The van der Waals surface area contributed by atoms with Gasteiger partial charge in [-0.2, -0.15) is 5.26 Å². The molecule has 0 spiro atoms. The molecule has 5 rings (SSSR count). The minimum atomic E-state index is -0.379. The molecule has 0 aliphatic heterocycles. The Bertz CT molecular complexity index is 1450. The van der Waals surface area contributed by atoms with Crippen LogP contribution in [0.5, 0.6) is 0 Å². The molecule has 0 saturated carbocycles. The lowest BCUT2D eigenvalue weighted by Crippen LogP contribution is -2.19. The van der Waals surface area contributed by atoms with Crippen molar-refractivity contribution in [3.8, 4) is 6.07 Å². The topological polar surface area (TPSA) is 63.0 Å². The zero-order valence-corrected chi connectivity index (χ0v) is 19.0. The Morgan fingerprint density at radius 3 is 2.59 bits per heavy atom. The summed E-state index contributed by atoms with van der Waals surface area (Å²) in [6, 6.07) is 27.3. The number of ether oxygens (including phenoxy) is 1. The van der Waals surface area contributed by atoms with Crippen LogP contribution in [0.15, 0.2) is 78.9 Å². The molecule has 1 atom stereocenters. The quantitative estimate of drug-likeness (QED) is 0.333. The van der Waals surface area contributed by atoms with Crippen LogP contribution in [0.3, 0.4) is 0 Å². The van der Waals surface area contributed by atoms with E-state index in [0.29, 0.717) is 22.6 Å². The predicted molar refractivity (Wildman–Crippen MR) is 134 cm³/mol. The number of aromatic nitrogens is 1. The molecule has 0 radical (unpaired) electrons. The van der Waals surface area contributed by atoms with E-state index in [4.69, 9.17) is 9.72 Å². The zero-order valence-electron chi connectivity index (χ0n) is 19.0. The number of nitriles is 1. The molecule has 0 fully saturated rings. The molecule has 0 N–H and O–H groups in total. The minimum absolute atomic E-state index is 0.0518. The molecule has 0 saturated heterocycles. The van der Waals surface area contributed by atoms with Crippen molar-refractivity contribution >= 4 is 28.5 Å². The number of hydrogen-bond donors (Lipinski definition) is 0. The van der Waals surface area contributed by atoms with E-state index in [1.807, 2.05) is 54.6 Å². The van der Waals surface area contributed by atoms with E-state index in [1.165, 1.54) is 0 Å². The number of hydrogen-bond acceptors (Lipinski definition) is 4. The van der Waals surface area contributed by atoms with Crippen LogP contribution in [0.4, 0.5) is 0 Å². The standard InChI is InChI=1S/C30H24N2O2/c1-20-15-24(17-21-9-3-2-4-10-21)29-26(16-20)28(25-13-7-8-14-27(25)32-29)30(33)34-19-23-12-6-5-11-22(23)18-31/h2-14,17,20H,15-16,19H2,1H3. The summed E-state index contributed by atoms with van der Waals surface area (Å²) in [6.45, 7) is 2.26. The molecule has 1 aliphatic carbocycles. The first-order chi connectivity index (χ1) is 16.6. The number of rotatable bonds is 4. The van der Waals surface area contributed by atoms with Crippen molar-refractivity contribution in [2.24, 2.45) is 5.92 Å². The first kappa shape index (κ1) is 21.6. The van der Waals surface area contributed by atoms with Crippen LogP contribution in [0.25, 0.3) is 22.6 Å². The fraction of sp³-hybridized carbons (Fsp3) is 0.167. The first-order valence-corrected chi connectivity index (χ1v) is 11.5. The molecule has 0 amide bonds. The summed E-state index contributed by atoms with van der Waals surface area (Å²) >= 11 is 0. The smallest absolute Gasteiger partial charge is 0.339 e. The van der Waals surface area contributed by atoms with Crippen LogP contribution in [0, 0.1) is 17.2 Å². The number of allylic oxidation sites excluding steroid dienone is 1. The third-order valence-corrected chi connectivity index (χ3v) is 6.26. The fourth-order valence-electron chi connectivity index (χ4n) is 4.69. The van der Waals surface area contributed by atoms with Gasteiger partial charge in [-0.1, -0.05) is 73.7 Å². The van der Waals surface area contributed by atoms with E-state index in [0.717, 1.165) is 46.1 Å². The summed E-state index contributed by atoms with van der Waals surface area (Å²) < 4.78 is 5.78. The van der Waals surface area contributed by atoms with Crippen LogP contribution >= 0.6 is 0 Å². The van der Waals surface area contributed by atoms with E-state index in [-0.39, 0.29) is 12.6 Å². The van der Waals surface area contributed by atoms with Gasteiger partial charge < -0.3 is 4.74 Å². The number of fused-ring (bicyclic) bond motifs is 2. The summed E-state index contributed by atoms with van der Waals surface area (Å²) in [5.41, 5.74) is 6.64. The van der Waals surface area contributed by atoms with Crippen LogP contribution < -0.4 is 0 Å². The molecule has 3 aromatic carbocycles. The zero-order chi connectivity index (χ0) is 23.5. The van der Waals surface area contributed by atoms with Crippen molar-refractivity contribution in [3.05, 3.63) is 112 Å². The Balaban J connectivity index is 1.61. The Kier molecular flexibility index (Phi) is 5.93. The number of esters is 1. The molecular formula is C30H24N2O2. The number of para-hydroxylation sites is 1. The summed E-state index contributed by atoms with van der Waals surface area (Å²) in [5.74, 6) is -0.00737. The van der Waals surface area contributed by atoms with E-state index in [1.54, 1.807) is 12.1 Å². The highest BCUT2D eigenvalue weighted by Crippen LogP contribution is 2.38. The maximum atomic E-state index is 13.5. The van der Waals surface area contributed by atoms with Gasteiger partial charge in [-0.25, -0.2) is 9.78 Å². The van der Waals surface area contributed by atoms with Gasteiger partial charge in [-0.05, 0) is 53.7 Å². The molecule has 1 heterocycles. The summed E-state index contributed by atoms with van der Waals surface area (Å²) in [6.07, 6.45) is 3.84. The Hall–Kier alpha value is -4.23. The molecule has 4 heteroatoms. The Labute approximate surface area is 199 Å². The van der Waals surface area contributed by atoms with Gasteiger partial charge >= 0.3 is 5.97 Å². The highest BCUT2D eigenvalue weighted by molar-refractivity contribution is 6.06. The second-order valence-electron chi connectivity index (χ2n) is 8.77. The van der Waals surface area contributed by atoms with Crippen molar-refractivity contribution in [2.45, 2.75) is 26.4 Å². The van der Waals surface area contributed by atoms with E-state index >= 15 is 0 Å². The monoisotopic (exact) mass is 444 g/mol. The van der Waals surface area contributed by atoms with Gasteiger partial charge in [-0.15, -0.1) is 0 Å². The van der Waals surface area contributed by atoms with Gasteiger partial charge in [0.05, 0.1) is 28.4 Å². The maximum Gasteiger partial charge on any atom is 0.339 e. The van der Waals surface area contributed by atoms with E-state index in [2.05, 4.69) is 31.2 Å².